The van der Waals surface area contributed by atoms with Gasteiger partial charge in [0.1, 0.15) is 0 Å². The van der Waals surface area contributed by atoms with E-state index in [0.29, 0.717) is 0 Å². The third-order valence-electron chi connectivity index (χ3n) is 5.11. The molecule has 1 atom stereocenters. The number of aromatic nitrogens is 2. The predicted molar refractivity (Wildman–Crippen MR) is 83.5 cm³/mol. The Morgan fingerprint density at radius 2 is 2.24 bits per heavy atom. The molecule has 0 bridgehead atoms. The van der Waals surface area contributed by atoms with Crippen LogP contribution in [0.5, 0.6) is 0 Å². The van der Waals surface area contributed by atoms with E-state index < -0.39 is 0 Å². The largest absolute Gasteiger partial charge is 0.374 e. The summed E-state index contributed by atoms with van der Waals surface area (Å²) in [6, 6.07) is 0. The van der Waals surface area contributed by atoms with E-state index in [1.165, 1.54) is 18.5 Å². The lowest BCUT2D eigenvalue weighted by Crippen LogP contribution is -2.45. The molecule has 1 N–H and O–H groups in total. The summed E-state index contributed by atoms with van der Waals surface area (Å²) < 4.78 is 8.28. The molecule has 2 saturated heterocycles. The van der Waals surface area contributed by atoms with Crippen LogP contribution in [0, 0.1) is 0 Å². The van der Waals surface area contributed by atoms with Gasteiger partial charge in [-0.3, -0.25) is 4.90 Å². The van der Waals surface area contributed by atoms with E-state index in [1.54, 1.807) is 0 Å². The summed E-state index contributed by atoms with van der Waals surface area (Å²) in [6.07, 6.45) is 6.70. The van der Waals surface area contributed by atoms with Crippen molar-refractivity contribution in [2.24, 2.45) is 0 Å². The molecule has 118 valence electrons. The molecule has 0 aromatic carbocycles. The van der Waals surface area contributed by atoms with Crippen molar-refractivity contribution in [3.8, 4) is 0 Å². The number of ether oxygens (including phenoxy) is 1. The van der Waals surface area contributed by atoms with E-state index in [1.807, 2.05) is 6.33 Å². The first kappa shape index (κ1) is 15.0. The maximum atomic E-state index is 5.96. The molecule has 3 rings (SSSR count). The molecule has 0 radical (unpaired) electrons. The fourth-order valence-corrected chi connectivity index (χ4v) is 3.60. The van der Waals surface area contributed by atoms with Gasteiger partial charge in [-0.05, 0) is 32.5 Å². The van der Waals surface area contributed by atoms with Gasteiger partial charge >= 0.3 is 0 Å². The zero-order chi connectivity index (χ0) is 14.7. The maximum absolute atomic E-state index is 5.96. The Morgan fingerprint density at radius 3 is 3.00 bits per heavy atom. The Morgan fingerprint density at radius 1 is 1.43 bits per heavy atom. The second-order valence-electron chi connectivity index (χ2n) is 6.63. The van der Waals surface area contributed by atoms with Crippen LogP contribution in [0.3, 0.4) is 0 Å². The van der Waals surface area contributed by atoms with Crippen molar-refractivity contribution in [3.63, 3.8) is 0 Å². The zero-order valence-electron chi connectivity index (χ0n) is 13.3. The molecule has 0 saturated carbocycles. The van der Waals surface area contributed by atoms with E-state index in [4.69, 9.17) is 4.74 Å². The van der Waals surface area contributed by atoms with Crippen LogP contribution in [0.25, 0.3) is 0 Å². The lowest BCUT2D eigenvalue weighted by atomic mass is 9.78. The van der Waals surface area contributed by atoms with Gasteiger partial charge in [-0.2, -0.15) is 0 Å². The predicted octanol–water partition coefficient (Wildman–Crippen LogP) is 1.24. The summed E-state index contributed by atoms with van der Waals surface area (Å²) in [5.74, 6) is 0. The maximum Gasteiger partial charge on any atom is 0.0949 e. The van der Waals surface area contributed by atoms with Crippen LogP contribution in [0.1, 0.15) is 32.4 Å². The molecule has 0 amide bonds. The highest BCUT2D eigenvalue weighted by Gasteiger charge is 2.32. The number of morpholine rings is 1. The Labute approximate surface area is 127 Å². The Kier molecular flexibility index (Phi) is 4.62. The molecule has 0 spiro atoms. The minimum atomic E-state index is 0.251. The van der Waals surface area contributed by atoms with Gasteiger partial charge in [-0.15, -0.1) is 0 Å². The number of hydrogen-bond donors (Lipinski definition) is 1. The average molecular weight is 292 g/mol. The van der Waals surface area contributed by atoms with Crippen molar-refractivity contribution in [2.75, 3.05) is 39.3 Å². The normalized spacial score (nSPS) is 26.9. The SMILES string of the molecule is CCN1CCOC(Cn2cncc2C2(C)CCNCC2)C1. The molecular weight excluding hydrogens is 264 g/mol. The standard InChI is InChI=1S/C16H28N4O/c1-3-19-8-9-21-14(11-19)12-20-13-18-10-15(20)16(2)4-6-17-7-5-16/h10,13-14,17H,3-9,11-12H2,1-2H3. The number of hydrogen-bond acceptors (Lipinski definition) is 4. The van der Waals surface area contributed by atoms with Crippen molar-refractivity contribution >= 4 is 0 Å². The number of rotatable bonds is 4. The van der Waals surface area contributed by atoms with Gasteiger partial charge in [0, 0.05) is 30.4 Å². The molecule has 5 nitrogen and oxygen atoms in total. The van der Waals surface area contributed by atoms with Crippen molar-refractivity contribution in [1.82, 2.24) is 19.8 Å². The summed E-state index contributed by atoms with van der Waals surface area (Å²) in [5, 5.41) is 3.46. The second-order valence-corrected chi connectivity index (χ2v) is 6.63. The van der Waals surface area contributed by atoms with Gasteiger partial charge in [0.15, 0.2) is 0 Å². The fraction of sp³-hybridized carbons (Fsp3) is 0.812. The number of imidazole rings is 1. The molecule has 2 aliphatic rings. The van der Waals surface area contributed by atoms with Crippen LogP contribution in [-0.2, 0) is 16.7 Å². The smallest absolute Gasteiger partial charge is 0.0949 e. The van der Waals surface area contributed by atoms with Crippen LogP contribution in [0.2, 0.25) is 0 Å². The monoisotopic (exact) mass is 292 g/mol. The number of likely N-dealkylation sites (N-methyl/N-ethyl adjacent to an activating group) is 1. The molecule has 2 fully saturated rings. The van der Waals surface area contributed by atoms with Crippen molar-refractivity contribution in [1.29, 1.82) is 0 Å². The summed E-state index contributed by atoms with van der Waals surface area (Å²) in [7, 11) is 0. The van der Waals surface area contributed by atoms with Gasteiger partial charge in [0.05, 0.1) is 25.6 Å². The average Bonchev–Trinajstić information content (AvgIpc) is 2.97. The zero-order valence-corrected chi connectivity index (χ0v) is 13.3. The molecular formula is C16H28N4O. The first-order valence-electron chi connectivity index (χ1n) is 8.26. The molecule has 1 aromatic rings. The third-order valence-corrected chi connectivity index (χ3v) is 5.11. The van der Waals surface area contributed by atoms with Crippen molar-refractivity contribution in [3.05, 3.63) is 18.2 Å². The number of nitrogens with zero attached hydrogens (tertiary/aromatic N) is 3. The molecule has 1 unspecified atom stereocenters. The minimum absolute atomic E-state index is 0.251. The van der Waals surface area contributed by atoms with Gasteiger partial charge in [-0.1, -0.05) is 13.8 Å². The number of nitrogens with one attached hydrogen (secondary N) is 1. The van der Waals surface area contributed by atoms with Crippen molar-refractivity contribution in [2.45, 2.75) is 44.8 Å². The van der Waals surface area contributed by atoms with Crippen LogP contribution in [0.15, 0.2) is 12.5 Å². The van der Waals surface area contributed by atoms with E-state index in [-0.39, 0.29) is 11.5 Å². The molecule has 21 heavy (non-hydrogen) atoms. The molecule has 5 heteroatoms. The van der Waals surface area contributed by atoms with Gasteiger partial charge in [0.25, 0.3) is 0 Å². The van der Waals surface area contributed by atoms with Crippen LogP contribution < -0.4 is 5.32 Å². The van der Waals surface area contributed by atoms with Gasteiger partial charge in [0.2, 0.25) is 0 Å². The van der Waals surface area contributed by atoms with Gasteiger partial charge in [-0.25, -0.2) is 4.98 Å². The topological polar surface area (TPSA) is 42.3 Å². The van der Waals surface area contributed by atoms with Crippen LogP contribution in [0.4, 0.5) is 0 Å². The van der Waals surface area contributed by atoms with Crippen LogP contribution in [-0.4, -0.2) is 59.9 Å². The van der Waals surface area contributed by atoms with Crippen LogP contribution >= 0.6 is 0 Å². The molecule has 0 aliphatic carbocycles. The molecule has 2 aliphatic heterocycles. The lowest BCUT2D eigenvalue weighted by Gasteiger charge is -2.36. The Balaban J connectivity index is 1.70. The molecule has 3 heterocycles. The quantitative estimate of drug-likeness (QED) is 0.907. The van der Waals surface area contributed by atoms with E-state index in [0.717, 1.165) is 45.9 Å². The lowest BCUT2D eigenvalue weighted by molar-refractivity contribution is -0.0349. The van der Waals surface area contributed by atoms with E-state index in [2.05, 4.69) is 39.8 Å². The number of piperidine rings is 1. The fourth-order valence-electron chi connectivity index (χ4n) is 3.60. The van der Waals surface area contributed by atoms with E-state index in [9.17, 15) is 0 Å². The first-order valence-corrected chi connectivity index (χ1v) is 8.26. The third kappa shape index (κ3) is 3.30. The summed E-state index contributed by atoms with van der Waals surface area (Å²) >= 11 is 0. The second kappa shape index (κ2) is 6.46. The van der Waals surface area contributed by atoms with E-state index >= 15 is 0 Å². The Bertz CT molecular complexity index is 453. The summed E-state index contributed by atoms with van der Waals surface area (Å²) in [5.41, 5.74) is 1.63. The summed E-state index contributed by atoms with van der Waals surface area (Å²) in [6.45, 7) is 11.8. The first-order chi connectivity index (χ1) is 10.2. The van der Waals surface area contributed by atoms with Crippen molar-refractivity contribution < 1.29 is 4.74 Å². The Hall–Kier alpha value is -0.910. The van der Waals surface area contributed by atoms with Gasteiger partial charge < -0.3 is 14.6 Å². The minimum Gasteiger partial charge on any atom is -0.374 e. The highest BCUT2D eigenvalue weighted by Crippen LogP contribution is 2.32. The highest BCUT2D eigenvalue weighted by molar-refractivity contribution is 5.15. The highest BCUT2D eigenvalue weighted by atomic mass is 16.5. The summed E-state index contributed by atoms with van der Waals surface area (Å²) in [4.78, 5) is 6.89. The molecule has 1 aromatic heterocycles.